The molecule has 0 aromatic carbocycles. The lowest BCUT2D eigenvalue weighted by molar-refractivity contribution is -0.192. The number of aliphatic carboxylic acids is 1. The molecule has 1 fully saturated rings. The molecule has 19 heavy (non-hydrogen) atoms. The monoisotopic (exact) mass is 281 g/mol. The first kappa shape index (κ1) is 15.8. The van der Waals surface area contributed by atoms with Gasteiger partial charge in [-0.15, -0.1) is 0 Å². The Morgan fingerprint density at radius 3 is 2.37 bits per heavy atom. The predicted molar refractivity (Wildman–Crippen MR) is 61.4 cm³/mol. The third kappa shape index (κ3) is 4.11. The molecular formula is C12H18F3NO3. The number of carboxylic acids is 1. The van der Waals surface area contributed by atoms with E-state index in [4.69, 9.17) is 5.11 Å². The molecule has 1 heterocycles. The van der Waals surface area contributed by atoms with E-state index in [1.54, 1.807) is 0 Å². The van der Waals surface area contributed by atoms with E-state index < -0.39 is 24.1 Å². The van der Waals surface area contributed by atoms with Crippen LogP contribution in [0, 0.1) is 11.8 Å². The number of nitrogens with zero attached hydrogens (tertiary/aromatic N) is 1. The zero-order valence-electron chi connectivity index (χ0n) is 10.9. The molecule has 0 unspecified atom stereocenters. The Bertz CT molecular complexity index is 355. The zero-order chi connectivity index (χ0) is 14.8. The average molecular weight is 281 g/mol. The van der Waals surface area contributed by atoms with Gasteiger partial charge in [0.1, 0.15) is 6.04 Å². The van der Waals surface area contributed by atoms with Gasteiger partial charge in [-0.25, -0.2) is 4.79 Å². The van der Waals surface area contributed by atoms with Gasteiger partial charge in [0.05, 0.1) is 0 Å². The van der Waals surface area contributed by atoms with Crippen molar-refractivity contribution < 1.29 is 27.9 Å². The topological polar surface area (TPSA) is 57.6 Å². The smallest absolute Gasteiger partial charge is 0.471 e. The standard InChI is InChI=1S/C12H18F3NO3/c1-7(2)5-8-3-4-16(9(6-8)10(17)18)11(19)12(13,14)15/h7-9H,3-6H2,1-2H3,(H,17,18)/t8-,9-/m1/s1. The van der Waals surface area contributed by atoms with Crippen LogP contribution >= 0.6 is 0 Å². The lowest BCUT2D eigenvalue weighted by Gasteiger charge is -2.37. The van der Waals surface area contributed by atoms with E-state index in [2.05, 4.69) is 0 Å². The molecule has 0 saturated carbocycles. The van der Waals surface area contributed by atoms with Gasteiger partial charge in [-0.1, -0.05) is 13.8 Å². The van der Waals surface area contributed by atoms with Crippen LogP contribution in [0.4, 0.5) is 13.2 Å². The van der Waals surface area contributed by atoms with E-state index >= 15 is 0 Å². The molecule has 0 bridgehead atoms. The van der Waals surface area contributed by atoms with Gasteiger partial charge >= 0.3 is 18.1 Å². The first-order valence-electron chi connectivity index (χ1n) is 6.23. The molecule has 2 atom stereocenters. The molecule has 7 heteroatoms. The minimum absolute atomic E-state index is 0.0541. The van der Waals surface area contributed by atoms with Gasteiger partial charge < -0.3 is 10.0 Å². The summed E-state index contributed by atoms with van der Waals surface area (Å²) in [6.45, 7) is 3.80. The van der Waals surface area contributed by atoms with Gasteiger partial charge in [0, 0.05) is 6.54 Å². The fourth-order valence-electron chi connectivity index (χ4n) is 2.56. The van der Waals surface area contributed by atoms with Crippen molar-refractivity contribution in [2.45, 2.75) is 45.3 Å². The Kier molecular flexibility index (Phi) is 4.81. The molecular weight excluding hydrogens is 263 g/mol. The molecule has 1 aliphatic heterocycles. The highest BCUT2D eigenvalue weighted by Gasteiger charge is 2.48. The molecule has 0 aromatic rings. The fraction of sp³-hybridized carbons (Fsp3) is 0.833. The highest BCUT2D eigenvalue weighted by Crippen LogP contribution is 2.31. The quantitative estimate of drug-likeness (QED) is 0.863. The lowest BCUT2D eigenvalue weighted by Crippen LogP contribution is -2.54. The second kappa shape index (κ2) is 5.79. The van der Waals surface area contributed by atoms with Crippen LogP contribution in [-0.2, 0) is 9.59 Å². The highest BCUT2D eigenvalue weighted by molar-refractivity contribution is 5.87. The number of amides is 1. The van der Waals surface area contributed by atoms with Gasteiger partial charge in [0.25, 0.3) is 0 Å². The Morgan fingerprint density at radius 1 is 1.37 bits per heavy atom. The first-order valence-corrected chi connectivity index (χ1v) is 6.23. The molecule has 0 aromatic heterocycles. The van der Waals surface area contributed by atoms with Crippen LogP contribution in [0.15, 0.2) is 0 Å². The number of carboxylic acid groups (broad SMARTS) is 1. The van der Waals surface area contributed by atoms with Crippen LogP contribution in [-0.4, -0.2) is 40.6 Å². The van der Waals surface area contributed by atoms with E-state index in [0.717, 1.165) is 6.42 Å². The number of likely N-dealkylation sites (tertiary alicyclic amines) is 1. The maximum Gasteiger partial charge on any atom is 0.471 e. The van der Waals surface area contributed by atoms with E-state index in [1.807, 2.05) is 13.8 Å². The summed E-state index contributed by atoms with van der Waals surface area (Å²) in [7, 11) is 0. The third-order valence-electron chi connectivity index (χ3n) is 3.30. The molecule has 1 N–H and O–H groups in total. The molecule has 0 aliphatic carbocycles. The Labute approximate surface area is 109 Å². The molecule has 1 aliphatic rings. The number of rotatable bonds is 3. The van der Waals surface area contributed by atoms with Crippen LogP contribution in [0.3, 0.4) is 0 Å². The Balaban J connectivity index is 2.80. The summed E-state index contributed by atoms with van der Waals surface area (Å²) in [6, 6.07) is -1.37. The second-order valence-electron chi connectivity index (χ2n) is 5.37. The van der Waals surface area contributed by atoms with Crippen LogP contribution < -0.4 is 0 Å². The van der Waals surface area contributed by atoms with Gasteiger partial charge in [0.15, 0.2) is 0 Å². The summed E-state index contributed by atoms with van der Waals surface area (Å²) >= 11 is 0. The number of hydrogen-bond acceptors (Lipinski definition) is 2. The van der Waals surface area contributed by atoms with E-state index in [1.165, 1.54) is 0 Å². The number of alkyl halides is 3. The second-order valence-corrected chi connectivity index (χ2v) is 5.37. The fourth-order valence-corrected chi connectivity index (χ4v) is 2.56. The molecule has 0 spiro atoms. The SMILES string of the molecule is CC(C)C[C@H]1CCN(C(=O)C(F)(F)F)[C@@H](C(=O)O)C1. The lowest BCUT2D eigenvalue weighted by atomic mass is 9.84. The van der Waals surface area contributed by atoms with Crippen molar-refractivity contribution in [2.75, 3.05) is 6.54 Å². The summed E-state index contributed by atoms with van der Waals surface area (Å²) in [5.74, 6) is -3.02. The van der Waals surface area contributed by atoms with Gasteiger partial charge in [-0.3, -0.25) is 4.79 Å². The molecule has 4 nitrogen and oxygen atoms in total. The minimum Gasteiger partial charge on any atom is -0.480 e. The Morgan fingerprint density at radius 2 is 1.95 bits per heavy atom. The minimum atomic E-state index is -5.02. The normalized spacial score (nSPS) is 24.6. The van der Waals surface area contributed by atoms with E-state index in [0.29, 0.717) is 17.2 Å². The van der Waals surface area contributed by atoms with Crippen molar-refractivity contribution in [3.8, 4) is 0 Å². The van der Waals surface area contributed by atoms with Gasteiger partial charge in [-0.2, -0.15) is 13.2 Å². The maximum atomic E-state index is 12.4. The molecule has 1 saturated heterocycles. The highest BCUT2D eigenvalue weighted by atomic mass is 19.4. The zero-order valence-corrected chi connectivity index (χ0v) is 10.9. The van der Waals surface area contributed by atoms with Crippen molar-refractivity contribution in [3.63, 3.8) is 0 Å². The summed E-state index contributed by atoms with van der Waals surface area (Å²) in [5.41, 5.74) is 0. The van der Waals surface area contributed by atoms with Gasteiger partial charge in [-0.05, 0) is 31.1 Å². The third-order valence-corrected chi connectivity index (χ3v) is 3.30. The summed E-state index contributed by atoms with van der Waals surface area (Å²) in [4.78, 5) is 22.7. The van der Waals surface area contributed by atoms with E-state index in [-0.39, 0.29) is 18.9 Å². The maximum absolute atomic E-state index is 12.4. The van der Waals surface area contributed by atoms with Crippen molar-refractivity contribution in [3.05, 3.63) is 0 Å². The first-order chi connectivity index (χ1) is 8.62. The number of halogens is 3. The Hall–Kier alpha value is -1.27. The molecule has 1 amide bonds. The number of carbonyl (C=O) groups is 2. The van der Waals surface area contributed by atoms with Crippen LogP contribution in [0.5, 0.6) is 0 Å². The summed E-state index contributed by atoms with van der Waals surface area (Å²) in [6.07, 6.45) is -3.74. The summed E-state index contributed by atoms with van der Waals surface area (Å²) in [5, 5.41) is 9.01. The largest absolute Gasteiger partial charge is 0.480 e. The molecule has 0 radical (unpaired) electrons. The summed E-state index contributed by atoms with van der Waals surface area (Å²) < 4.78 is 37.2. The van der Waals surface area contributed by atoms with Crippen LogP contribution in [0.2, 0.25) is 0 Å². The van der Waals surface area contributed by atoms with Crippen molar-refractivity contribution in [1.29, 1.82) is 0 Å². The van der Waals surface area contributed by atoms with Crippen molar-refractivity contribution >= 4 is 11.9 Å². The average Bonchev–Trinajstić information content (AvgIpc) is 2.25. The van der Waals surface area contributed by atoms with Crippen molar-refractivity contribution in [1.82, 2.24) is 4.90 Å². The van der Waals surface area contributed by atoms with Crippen molar-refractivity contribution in [2.24, 2.45) is 11.8 Å². The predicted octanol–water partition coefficient (Wildman–Crippen LogP) is 2.29. The number of carbonyl (C=O) groups excluding carboxylic acids is 1. The van der Waals surface area contributed by atoms with Crippen LogP contribution in [0.1, 0.15) is 33.1 Å². The van der Waals surface area contributed by atoms with E-state index in [9.17, 15) is 22.8 Å². The number of hydrogen-bond donors (Lipinski definition) is 1. The molecule has 1 rings (SSSR count). The van der Waals surface area contributed by atoms with Gasteiger partial charge in [0.2, 0.25) is 0 Å². The molecule has 110 valence electrons. The van der Waals surface area contributed by atoms with Crippen LogP contribution in [0.25, 0.3) is 0 Å². The number of piperidine rings is 1.